The molecule has 0 aliphatic carbocycles. The van der Waals surface area contributed by atoms with Crippen LogP contribution in [0.1, 0.15) is 20.4 Å². The normalized spacial score (nSPS) is 15.0. The van der Waals surface area contributed by atoms with Crippen molar-refractivity contribution >= 4 is 17.2 Å². The van der Waals surface area contributed by atoms with E-state index >= 15 is 0 Å². The monoisotopic (exact) mass is 378 g/mol. The fourth-order valence-electron chi connectivity index (χ4n) is 2.74. The topological polar surface area (TPSA) is 66.5 Å². The van der Waals surface area contributed by atoms with E-state index in [0.717, 1.165) is 37.7 Å². The van der Waals surface area contributed by atoms with Crippen molar-refractivity contribution in [3.8, 4) is 5.75 Å². The molecule has 1 fully saturated rings. The molecule has 1 saturated heterocycles. The lowest BCUT2D eigenvalue weighted by Gasteiger charge is -2.27. The number of halogens is 1. The highest BCUT2D eigenvalue weighted by molar-refractivity contribution is 7.13. The largest absolute Gasteiger partial charge is 0.486 e. The van der Waals surface area contributed by atoms with Gasteiger partial charge in [-0.1, -0.05) is 0 Å². The number of piperazine rings is 1. The highest BCUT2D eigenvalue weighted by Crippen LogP contribution is 2.20. The van der Waals surface area contributed by atoms with Crippen LogP contribution in [0.15, 0.2) is 24.3 Å². The summed E-state index contributed by atoms with van der Waals surface area (Å²) in [5.74, 6) is 0.173. The van der Waals surface area contributed by atoms with Crippen molar-refractivity contribution in [2.75, 3.05) is 39.3 Å². The number of nitrogens with one attached hydrogen (secondary N) is 2. The SMILES string of the molecule is Cc1nc(COc2ccc(F)cc2)sc1C(=O)NCCN1CCNCC1. The molecule has 3 rings (SSSR count). The fourth-order valence-corrected chi connectivity index (χ4v) is 3.64. The predicted molar refractivity (Wildman–Crippen MR) is 99.2 cm³/mol. The molecule has 1 aliphatic heterocycles. The Morgan fingerprint density at radius 1 is 1.35 bits per heavy atom. The number of rotatable bonds is 7. The second kappa shape index (κ2) is 9.07. The maximum absolute atomic E-state index is 12.9. The van der Waals surface area contributed by atoms with E-state index in [1.807, 2.05) is 6.92 Å². The van der Waals surface area contributed by atoms with Gasteiger partial charge in [0.25, 0.3) is 5.91 Å². The first kappa shape index (κ1) is 18.8. The van der Waals surface area contributed by atoms with Gasteiger partial charge in [-0.05, 0) is 31.2 Å². The van der Waals surface area contributed by atoms with Crippen LogP contribution in [-0.2, 0) is 6.61 Å². The molecule has 1 aliphatic rings. The number of hydrogen-bond donors (Lipinski definition) is 2. The van der Waals surface area contributed by atoms with Gasteiger partial charge in [-0.3, -0.25) is 9.69 Å². The van der Waals surface area contributed by atoms with Crippen LogP contribution in [0, 0.1) is 12.7 Å². The van der Waals surface area contributed by atoms with Gasteiger partial charge in [0.1, 0.15) is 28.1 Å². The first-order chi connectivity index (χ1) is 12.6. The van der Waals surface area contributed by atoms with Gasteiger partial charge in [-0.25, -0.2) is 9.37 Å². The predicted octanol–water partition coefficient (Wildman–Crippen LogP) is 1.80. The summed E-state index contributed by atoms with van der Waals surface area (Å²) >= 11 is 1.33. The first-order valence-corrected chi connectivity index (χ1v) is 9.49. The lowest BCUT2D eigenvalue weighted by Crippen LogP contribution is -2.46. The number of nitrogens with zero attached hydrogens (tertiary/aromatic N) is 2. The maximum Gasteiger partial charge on any atom is 0.263 e. The van der Waals surface area contributed by atoms with Crippen molar-refractivity contribution in [3.63, 3.8) is 0 Å². The quantitative estimate of drug-likeness (QED) is 0.769. The first-order valence-electron chi connectivity index (χ1n) is 8.68. The van der Waals surface area contributed by atoms with Crippen LogP contribution in [0.2, 0.25) is 0 Å². The summed E-state index contributed by atoms with van der Waals surface area (Å²) in [4.78, 5) is 19.7. The zero-order chi connectivity index (χ0) is 18.4. The van der Waals surface area contributed by atoms with Gasteiger partial charge in [0.15, 0.2) is 0 Å². The van der Waals surface area contributed by atoms with E-state index < -0.39 is 0 Å². The van der Waals surface area contributed by atoms with Crippen molar-refractivity contribution in [2.24, 2.45) is 0 Å². The van der Waals surface area contributed by atoms with Crippen molar-refractivity contribution in [1.82, 2.24) is 20.5 Å². The molecule has 8 heteroatoms. The molecule has 26 heavy (non-hydrogen) atoms. The maximum atomic E-state index is 12.9. The number of ether oxygens (including phenoxy) is 1. The molecule has 0 spiro atoms. The lowest BCUT2D eigenvalue weighted by molar-refractivity contribution is 0.0950. The van der Waals surface area contributed by atoms with Crippen LogP contribution >= 0.6 is 11.3 Å². The minimum atomic E-state index is -0.304. The van der Waals surface area contributed by atoms with Crippen LogP contribution in [0.25, 0.3) is 0 Å². The van der Waals surface area contributed by atoms with Gasteiger partial charge < -0.3 is 15.4 Å². The molecule has 0 saturated carbocycles. The molecule has 0 radical (unpaired) electrons. The van der Waals surface area contributed by atoms with Crippen LogP contribution in [0.5, 0.6) is 5.75 Å². The Labute approximate surface area is 156 Å². The van der Waals surface area contributed by atoms with Crippen molar-refractivity contribution in [1.29, 1.82) is 0 Å². The fraction of sp³-hybridized carbons (Fsp3) is 0.444. The Bertz CT molecular complexity index is 729. The van der Waals surface area contributed by atoms with Crippen LogP contribution < -0.4 is 15.4 Å². The second-order valence-corrected chi connectivity index (χ2v) is 7.20. The molecular weight excluding hydrogens is 355 g/mol. The van der Waals surface area contributed by atoms with E-state index in [1.54, 1.807) is 12.1 Å². The number of carbonyl (C=O) groups excluding carboxylic acids is 1. The van der Waals surface area contributed by atoms with Crippen molar-refractivity contribution < 1.29 is 13.9 Å². The Kier molecular flexibility index (Phi) is 6.54. The number of thiazole rings is 1. The van der Waals surface area contributed by atoms with Crippen molar-refractivity contribution in [2.45, 2.75) is 13.5 Å². The number of benzene rings is 1. The summed E-state index contributed by atoms with van der Waals surface area (Å²) in [6, 6.07) is 5.83. The third-order valence-corrected chi connectivity index (χ3v) is 5.28. The molecule has 0 bridgehead atoms. The standard InChI is InChI=1S/C18H23FN4O2S/c1-13-17(18(24)21-8-11-23-9-6-20-7-10-23)26-16(22-13)12-25-15-4-2-14(19)3-5-15/h2-5,20H,6-12H2,1H3,(H,21,24). The molecule has 1 amide bonds. The minimum absolute atomic E-state index is 0.0943. The summed E-state index contributed by atoms with van der Waals surface area (Å²) in [6.07, 6.45) is 0. The Morgan fingerprint density at radius 3 is 2.81 bits per heavy atom. The number of carbonyl (C=O) groups is 1. The summed E-state index contributed by atoms with van der Waals surface area (Å²) in [6.45, 7) is 7.58. The Hall–Kier alpha value is -2.03. The summed E-state index contributed by atoms with van der Waals surface area (Å²) in [5.41, 5.74) is 0.701. The highest BCUT2D eigenvalue weighted by atomic mass is 32.1. The molecule has 2 N–H and O–H groups in total. The molecule has 6 nitrogen and oxygen atoms in total. The highest BCUT2D eigenvalue weighted by Gasteiger charge is 2.16. The average molecular weight is 378 g/mol. The molecule has 2 heterocycles. The van der Waals surface area contributed by atoms with Crippen LogP contribution in [0.3, 0.4) is 0 Å². The summed E-state index contributed by atoms with van der Waals surface area (Å²) in [7, 11) is 0. The zero-order valence-electron chi connectivity index (χ0n) is 14.8. The number of amides is 1. The van der Waals surface area contributed by atoms with Crippen LogP contribution in [0.4, 0.5) is 4.39 Å². The average Bonchev–Trinajstić information content (AvgIpc) is 3.03. The van der Waals surface area contributed by atoms with Crippen LogP contribution in [-0.4, -0.2) is 55.1 Å². The van der Waals surface area contributed by atoms with Gasteiger partial charge in [0.2, 0.25) is 0 Å². The Balaban J connectivity index is 1.48. The van der Waals surface area contributed by atoms with E-state index in [0.29, 0.717) is 22.9 Å². The molecule has 0 unspecified atom stereocenters. The molecule has 140 valence electrons. The van der Waals surface area contributed by atoms with Gasteiger partial charge in [0.05, 0.1) is 5.69 Å². The lowest BCUT2D eigenvalue weighted by atomic mass is 10.3. The third-order valence-electron chi connectivity index (χ3n) is 4.15. The van der Waals surface area contributed by atoms with E-state index in [4.69, 9.17) is 4.74 Å². The van der Waals surface area contributed by atoms with E-state index in [9.17, 15) is 9.18 Å². The van der Waals surface area contributed by atoms with E-state index in [1.165, 1.54) is 23.5 Å². The smallest absolute Gasteiger partial charge is 0.263 e. The molecule has 1 aromatic heterocycles. The summed E-state index contributed by atoms with van der Waals surface area (Å²) < 4.78 is 18.5. The number of aromatic nitrogens is 1. The summed E-state index contributed by atoms with van der Waals surface area (Å²) in [5, 5.41) is 7.00. The van der Waals surface area contributed by atoms with Crippen molar-refractivity contribution in [3.05, 3.63) is 45.7 Å². The van der Waals surface area contributed by atoms with E-state index in [2.05, 4.69) is 20.5 Å². The molecule has 0 atom stereocenters. The van der Waals surface area contributed by atoms with Gasteiger partial charge in [0, 0.05) is 39.3 Å². The van der Waals surface area contributed by atoms with Gasteiger partial charge in [-0.15, -0.1) is 11.3 Å². The van der Waals surface area contributed by atoms with Gasteiger partial charge >= 0.3 is 0 Å². The Morgan fingerprint density at radius 2 is 2.08 bits per heavy atom. The minimum Gasteiger partial charge on any atom is -0.486 e. The van der Waals surface area contributed by atoms with E-state index in [-0.39, 0.29) is 18.3 Å². The van der Waals surface area contributed by atoms with Gasteiger partial charge in [-0.2, -0.15) is 0 Å². The third kappa shape index (κ3) is 5.23. The number of aryl methyl sites for hydroxylation is 1. The molecule has 2 aromatic rings. The molecular formula is C18H23FN4O2S. The number of hydrogen-bond acceptors (Lipinski definition) is 6. The molecule has 1 aromatic carbocycles. The zero-order valence-corrected chi connectivity index (χ0v) is 15.6. The second-order valence-electron chi connectivity index (χ2n) is 6.11.